The summed E-state index contributed by atoms with van der Waals surface area (Å²) in [6.45, 7) is -0.649. The molecular weight excluding hydrogens is 464 g/mol. The maximum Gasteiger partial charge on any atom is 0.305 e. The van der Waals surface area contributed by atoms with Gasteiger partial charge < -0.3 is 42.6 Å². The second kappa shape index (κ2) is 12.1. The number of carbonyl (C=O) groups excluding carboxylic acids is 4. The van der Waals surface area contributed by atoms with Gasteiger partial charge in [-0.1, -0.05) is 18.2 Å². The lowest BCUT2D eigenvalue weighted by Crippen LogP contribution is -2.54. The molecule has 188 valence electrons. The van der Waals surface area contributed by atoms with Gasteiger partial charge in [-0.25, -0.2) is 0 Å². The third-order valence-corrected chi connectivity index (χ3v) is 4.94. The number of rotatable bonds is 13. The first kappa shape index (κ1) is 26.8. The second-order valence-corrected chi connectivity index (χ2v) is 7.67. The average Bonchev–Trinajstić information content (AvgIpc) is 3.18. The Morgan fingerprint density at radius 2 is 1.57 bits per heavy atom. The van der Waals surface area contributed by atoms with Crippen LogP contribution in [0.15, 0.2) is 30.5 Å². The van der Waals surface area contributed by atoms with Gasteiger partial charge in [-0.3, -0.25) is 28.8 Å². The Labute approximate surface area is 198 Å². The van der Waals surface area contributed by atoms with E-state index in [1.54, 1.807) is 18.3 Å². The number of amides is 4. The molecule has 0 radical (unpaired) electrons. The van der Waals surface area contributed by atoms with Crippen molar-refractivity contribution in [3.05, 3.63) is 36.0 Å². The number of carboxylic acids is 2. The van der Waals surface area contributed by atoms with E-state index >= 15 is 0 Å². The molecule has 0 saturated heterocycles. The molecule has 0 aliphatic heterocycles. The number of aromatic amines is 1. The van der Waals surface area contributed by atoms with Crippen molar-refractivity contribution in [3.63, 3.8) is 0 Å². The Hall–Kier alpha value is -4.46. The van der Waals surface area contributed by atoms with Crippen LogP contribution in [-0.4, -0.2) is 75.4 Å². The molecule has 0 spiro atoms. The minimum atomic E-state index is -1.48. The number of benzene rings is 1. The molecule has 0 aliphatic rings. The molecule has 0 unspecified atom stereocenters. The van der Waals surface area contributed by atoms with E-state index in [2.05, 4.69) is 20.9 Å². The molecule has 1 heterocycles. The summed E-state index contributed by atoms with van der Waals surface area (Å²) in [5.41, 5.74) is 12.1. The van der Waals surface area contributed by atoms with E-state index in [1.165, 1.54) is 0 Å². The van der Waals surface area contributed by atoms with Crippen LogP contribution in [0, 0.1) is 0 Å². The number of nitrogens with one attached hydrogen (secondary N) is 4. The zero-order chi connectivity index (χ0) is 26.1. The number of aromatic nitrogens is 1. The number of carbonyl (C=O) groups is 6. The Bertz CT molecular complexity index is 1130. The standard InChI is InChI=1S/C21H26N6O8/c22-12(6-17(29)30)20(34)27-15(5-10-8-24-13-4-2-1-3-11(10)13)21(35)25-9-16(28)26-14(19(23)33)7-18(31)32/h1-4,8,12,14-15,24H,5-7,9,22H2,(H2,23,33)(H,25,35)(H,26,28)(H,27,34)(H,29,30)(H,31,32)/t12-,14-,15-/m0/s1. The van der Waals surface area contributed by atoms with Crippen molar-refractivity contribution in [2.45, 2.75) is 37.4 Å². The van der Waals surface area contributed by atoms with Gasteiger partial charge in [0.1, 0.15) is 12.1 Å². The van der Waals surface area contributed by atoms with Crippen LogP contribution in [0.2, 0.25) is 0 Å². The second-order valence-electron chi connectivity index (χ2n) is 7.67. The van der Waals surface area contributed by atoms with Gasteiger partial charge in [0.05, 0.1) is 25.4 Å². The zero-order valence-electron chi connectivity index (χ0n) is 18.4. The smallest absolute Gasteiger partial charge is 0.305 e. The van der Waals surface area contributed by atoms with Gasteiger partial charge in [0.15, 0.2) is 0 Å². The summed E-state index contributed by atoms with van der Waals surface area (Å²) < 4.78 is 0. The predicted octanol–water partition coefficient (Wildman–Crippen LogP) is -2.44. The summed E-state index contributed by atoms with van der Waals surface area (Å²) in [4.78, 5) is 73.3. The van der Waals surface area contributed by atoms with Crippen LogP contribution in [-0.2, 0) is 35.2 Å². The summed E-state index contributed by atoms with van der Waals surface area (Å²) in [6.07, 6.45) is 0.222. The maximum atomic E-state index is 12.8. The van der Waals surface area contributed by atoms with Crippen LogP contribution < -0.4 is 27.4 Å². The number of H-pyrrole nitrogens is 1. The Morgan fingerprint density at radius 3 is 2.20 bits per heavy atom. The third-order valence-electron chi connectivity index (χ3n) is 4.94. The van der Waals surface area contributed by atoms with E-state index in [4.69, 9.17) is 21.7 Å². The van der Waals surface area contributed by atoms with Gasteiger partial charge in [0, 0.05) is 23.5 Å². The summed E-state index contributed by atoms with van der Waals surface area (Å²) in [5, 5.41) is 25.2. The highest BCUT2D eigenvalue weighted by Gasteiger charge is 2.27. The predicted molar refractivity (Wildman–Crippen MR) is 121 cm³/mol. The number of primary amides is 1. The summed E-state index contributed by atoms with van der Waals surface area (Å²) in [7, 11) is 0. The van der Waals surface area contributed by atoms with Crippen molar-refractivity contribution in [1.82, 2.24) is 20.9 Å². The van der Waals surface area contributed by atoms with E-state index in [9.17, 15) is 28.8 Å². The van der Waals surface area contributed by atoms with Crippen molar-refractivity contribution < 1.29 is 39.0 Å². The first-order chi connectivity index (χ1) is 16.5. The molecule has 0 saturated carbocycles. The van der Waals surface area contributed by atoms with E-state index in [1.807, 2.05) is 12.1 Å². The molecule has 2 aromatic rings. The number of hydrogen-bond donors (Lipinski definition) is 8. The highest BCUT2D eigenvalue weighted by Crippen LogP contribution is 2.19. The number of para-hydroxylation sites is 1. The third kappa shape index (κ3) is 8.12. The first-order valence-corrected chi connectivity index (χ1v) is 10.4. The molecule has 3 atom stereocenters. The molecule has 10 N–H and O–H groups in total. The van der Waals surface area contributed by atoms with Gasteiger partial charge >= 0.3 is 11.9 Å². The van der Waals surface area contributed by atoms with Gasteiger partial charge in [0.2, 0.25) is 23.6 Å². The van der Waals surface area contributed by atoms with Gasteiger partial charge in [-0.15, -0.1) is 0 Å². The number of fused-ring (bicyclic) bond motifs is 1. The Morgan fingerprint density at radius 1 is 0.914 bits per heavy atom. The van der Waals surface area contributed by atoms with Crippen LogP contribution in [0.1, 0.15) is 18.4 Å². The summed E-state index contributed by atoms with van der Waals surface area (Å²) >= 11 is 0. The monoisotopic (exact) mass is 490 g/mol. The van der Waals surface area contributed by atoms with Crippen molar-refractivity contribution in [1.29, 1.82) is 0 Å². The van der Waals surface area contributed by atoms with Crippen molar-refractivity contribution >= 4 is 46.5 Å². The number of carboxylic acid groups (broad SMARTS) is 2. The zero-order valence-corrected chi connectivity index (χ0v) is 18.4. The normalized spacial score (nSPS) is 13.3. The fourth-order valence-corrected chi connectivity index (χ4v) is 3.22. The lowest BCUT2D eigenvalue weighted by Gasteiger charge is -2.20. The Balaban J connectivity index is 2.12. The SMILES string of the molecule is NC(=O)[C@H](CC(=O)O)NC(=O)CNC(=O)[C@H](Cc1c[nH]c2ccccc12)NC(=O)[C@@H](N)CC(=O)O. The number of aliphatic carboxylic acids is 2. The van der Waals surface area contributed by atoms with Crippen molar-refractivity contribution in [3.8, 4) is 0 Å². The average molecular weight is 490 g/mol. The van der Waals surface area contributed by atoms with Crippen LogP contribution in [0.3, 0.4) is 0 Å². The lowest BCUT2D eigenvalue weighted by atomic mass is 10.0. The molecule has 0 fully saturated rings. The number of hydrogen-bond acceptors (Lipinski definition) is 7. The lowest BCUT2D eigenvalue weighted by molar-refractivity contribution is -0.140. The topological polar surface area (TPSA) is 247 Å². The van der Waals surface area contributed by atoms with Crippen LogP contribution in [0.5, 0.6) is 0 Å². The minimum absolute atomic E-state index is 0.0219. The van der Waals surface area contributed by atoms with E-state index < -0.39 is 73.1 Å². The van der Waals surface area contributed by atoms with Gasteiger partial charge in [-0.05, 0) is 11.6 Å². The highest BCUT2D eigenvalue weighted by atomic mass is 16.4. The fourth-order valence-electron chi connectivity index (χ4n) is 3.22. The Kier molecular flexibility index (Phi) is 9.28. The molecule has 4 amide bonds. The molecule has 1 aromatic carbocycles. The van der Waals surface area contributed by atoms with E-state index in [0.717, 1.165) is 10.9 Å². The largest absolute Gasteiger partial charge is 0.481 e. The maximum absolute atomic E-state index is 12.8. The molecular formula is C21H26N6O8. The van der Waals surface area contributed by atoms with Crippen LogP contribution in [0.4, 0.5) is 0 Å². The fraction of sp³-hybridized carbons (Fsp3) is 0.333. The molecule has 35 heavy (non-hydrogen) atoms. The quantitative estimate of drug-likeness (QED) is 0.148. The van der Waals surface area contributed by atoms with Gasteiger partial charge in [0.25, 0.3) is 0 Å². The number of nitrogens with two attached hydrogens (primary N) is 2. The molecule has 14 nitrogen and oxygen atoms in total. The van der Waals surface area contributed by atoms with E-state index in [-0.39, 0.29) is 6.42 Å². The highest BCUT2D eigenvalue weighted by molar-refractivity contribution is 5.95. The molecule has 1 aromatic heterocycles. The summed E-state index contributed by atoms with van der Waals surface area (Å²) in [6, 6.07) is 3.07. The van der Waals surface area contributed by atoms with Gasteiger partial charge in [-0.2, -0.15) is 0 Å². The van der Waals surface area contributed by atoms with Crippen LogP contribution in [0.25, 0.3) is 10.9 Å². The minimum Gasteiger partial charge on any atom is -0.481 e. The van der Waals surface area contributed by atoms with Crippen molar-refractivity contribution in [2.24, 2.45) is 11.5 Å². The van der Waals surface area contributed by atoms with Crippen LogP contribution >= 0.6 is 0 Å². The summed E-state index contributed by atoms with van der Waals surface area (Å²) in [5.74, 6) is -6.29. The molecule has 14 heteroatoms. The first-order valence-electron chi connectivity index (χ1n) is 10.4. The molecule has 0 aliphatic carbocycles. The molecule has 2 rings (SSSR count). The van der Waals surface area contributed by atoms with Crippen molar-refractivity contribution in [2.75, 3.05) is 6.54 Å². The molecule has 0 bridgehead atoms. The van der Waals surface area contributed by atoms with E-state index in [0.29, 0.717) is 5.56 Å².